The summed E-state index contributed by atoms with van der Waals surface area (Å²) in [7, 11) is 0. The molecule has 1 aliphatic heterocycles. The van der Waals surface area contributed by atoms with Gasteiger partial charge in [-0.15, -0.1) is 0 Å². The summed E-state index contributed by atoms with van der Waals surface area (Å²) in [5.74, 6) is 0.504. The smallest absolute Gasteiger partial charge is 0.186 e. The second kappa shape index (κ2) is 6.30. The van der Waals surface area contributed by atoms with E-state index >= 15 is 0 Å². The van der Waals surface area contributed by atoms with Crippen molar-refractivity contribution in [3.8, 4) is 0 Å². The fraction of sp³-hybridized carbons (Fsp3) is 0.421. The normalized spacial score (nSPS) is 21.2. The van der Waals surface area contributed by atoms with Crippen molar-refractivity contribution in [2.45, 2.75) is 46.1 Å². The summed E-state index contributed by atoms with van der Waals surface area (Å²) in [4.78, 5) is 12.9. The van der Waals surface area contributed by atoms with Gasteiger partial charge in [0.05, 0.1) is 0 Å². The summed E-state index contributed by atoms with van der Waals surface area (Å²) in [6.45, 7) is 8.38. The molecule has 1 aromatic carbocycles. The molecule has 0 aliphatic carbocycles. The van der Waals surface area contributed by atoms with Gasteiger partial charge in [0.15, 0.2) is 5.78 Å². The number of nitrogens with one attached hydrogen (secondary N) is 1. The Morgan fingerprint density at radius 1 is 1.24 bits per heavy atom. The van der Waals surface area contributed by atoms with Crippen LogP contribution < -0.4 is 5.32 Å². The minimum Gasteiger partial charge on any atom is -0.378 e. The molecule has 0 unspecified atom stereocenters. The number of Topliss-reactive ketones (excluding diaryl/α,β-unsaturated/α-hetero) is 1. The van der Waals surface area contributed by atoms with Gasteiger partial charge in [0.2, 0.25) is 0 Å². The molecule has 0 fully saturated rings. The van der Waals surface area contributed by atoms with Crippen LogP contribution in [0.1, 0.15) is 39.7 Å². The summed E-state index contributed by atoms with van der Waals surface area (Å²) in [6.07, 6.45) is 5.54. The van der Waals surface area contributed by atoms with Crippen molar-refractivity contribution >= 4 is 5.78 Å². The van der Waals surface area contributed by atoms with E-state index in [4.69, 9.17) is 0 Å². The molecule has 0 saturated heterocycles. The van der Waals surface area contributed by atoms with Crippen LogP contribution in [0.15, 0.2) is 53.8 Å². The molecule has 21 heavy (non-hydrogen) atoms. The van der Waals surface area contributed by atoms with E-state index in [1.807, 2.05) is 24.4 Å². The van der Waals surface area contributed by atoms with Crippen molar-refractivity contribution in [3.63, 3.8) is 0 Å². The number of benzene rings is 1. The van der Waals surface area contributed by atoms with Crippen molar-refractivity contribution in [2.75, 3.05) is 0 Å². The largest absolute Gasteiger partial charge is 0.378 e. The van der Waals surface area contributed by atoms with E-state index in [9.17, 15) is 4.79 Å². The predicted molar refractivity (Wildman–Crippen MR) is 88.0 cm³/mol. The van der Waals surface area contributed by atoms with Crippen LogP contribution in [0.2, 0.25) is 0 Å². The molecule has 1 N–H and O–H groups in total. The number of carbonyl (C=O) groups excluding carboxylic acids is 1. The molecule has 0 saturated carbocycles. The Morgan fingerprint density at radius 3 is 2.48 bits per heavy atom. The molecule has 1 atom stereocenters. The van der Waals surface area contributed by atoms with Gasteiger partial charge >= 0.3 is 0 Å². The Balaban J connectivity index is 2.18. The lowest BCUT2D eigenvalue weighted by molar-refractivity contribution is -0.121. The van der Waals surface area contributed by atoms with Gasteiger partial charge in [-0.1, -0.05) is 55.8 Å². The van der Waals surface area contributed by atoms with Crippen LogP contribution >= 0.6 is 0 Å². The lowest BCUT2D eigenvalue weighted by Gasteiger charge is -2.32. The molecule has 0 radical (unpaired) electrons. The van der Waals surface area contributed by atoms with Crippen LogP contribution in [0.4, 0.5) is 0 Å². The highest BCUT2D eigenvalue weighted by molar-refractivity contribution is 6.05. The van der Waals surface area contributed by atoms with E-state index in [0.717, 1.165) is 12.0 Å². The Kier molecular flexibility index (Phi) is 4.66. The third kappa shape index (κ3) is 3.26. The SMILES string of the molecule is CC(C)=CC[C@]1(C(C)C)NC=C(Cc2ccccc2)C1=O. The fourth-order valence-corrected chi connectivity index (χ4v) is 2.76. The summed E-state index contributed by atoms with van der Waals surface area (Å²) >= 11 is 0. The first-order valence-corrected chi connectivity index (χ1v) is 7.64. The Hall–Kier alpha value is -1.83. The maximum Gasteiger partial charge on any atom is 0.186 e. The van der Waals surface area contributed by atoms with E-state index in [1.54, 1.807) is 0 Å². The minimum atomic E-state index is -0.471. The van der Waals surface area contributed by atoms with Gasteiger partial charge in [-0.25, -0.2) is 0 Å². The second-order valence-corrected chi connectivity index (χ2v) is 6.42. The van der Waals surface area contributed by atoms with Crippen molar-refractivity contribution < 1.29 is 4.79 Å². The van der Waals surface area contributed by atoms with Gasteiger partial charge in [0, 0.05) is 18.2 Å². The zero-order valence-corrected chi connectivity index (χ0v) is 13.4. The van der Waals surface area contributed by atoms with Crippen LogP contribution in [0.3, 0.4) is 0 Å². The quantitative estimate of drug-likeness (QED) is 0.826. The molecule has 0 bridgehead atoms. The molecule has 2 rings (SSSR count). The van der Waals surface area contributed by atoms with Crippen LogP contribution in [-0.4, -0.2) is 11.3 Å². The minimum absolute atomic E-state index is 0.249. The van der Waals surface area contributed by atoms with E-state index in [1.165, 1.54) is 11.1 Å². The zero-order valence-electron chi connectivity index (χ0n) is 13.4. The average Bonchev–Trinajstić information content (AvgIpc) is 2.76. The number of ketones is 1. The van der Waals surface area contributed by atoms with E-state index in [0.29, 0.717) is 6.42 Å². The lowest BCUT2D eigenvalue weighted by Crippen LogP contribution is -2.50. The van der Waals surface area contributed by atoms with Gasteiger partial charge in [0.25, 0.3) is 0 Å². The molecule has 0 amide bonds. The first-order chi connectivity index (χ1) is 9.95. The number of allylic oxidation sites excluding steroid dienone is 1. The highest BCUT2D eigenvalue weighted by Gasteiger charge is 2.44. The molecule has 2 heteroatoms. The average molecular weight is 283 g/mol. The highest BCUT2D eigenvalue weighted by atomic mass is 16.1. The van der Waals surface area contributed by atoms with Crippen LogP contribution in [-0.2, 0) is 11.2 Å². The Morgan fingerprint density at radius 2 is 1.90 bits per heavy atom. The van der Waals surface area contributed by atoms with Crippen molar-refractivity contribution in [1.29, 1.82) is 0 Å². The first-order valence-electron chi connectivity index (χ1n) is 7.64. The van der Waals surface area contributed by atoms with E-state index in [2.05, 4.69) is 51.2 Å². The second-order valence-electron chi connectivity index (χ2n) is 6.42. The van der Waals surface area contributed by atoms with Gasteiger partial charge in [0.1, 0.15) is 5.54 Å². The van der Waals surface area contributed by atoms with Gasteiger partial charge in [-0.3, -0.25) is 4.79 Å². The van der Waals surface area contributed by atoms with Crippen molar-refractivity contribution in [1.82, 2.24) is 5.32 Å². The molecule has 2 nitrogen and oxygen atoms in total. The summed E-state index contributed by atoms with van der Waals surface area (Å²) < 4.78 is 0. The standard InChI is InChI=1S/C19H25NO/c1-14(2)10-11-19(15(3)4)18(21)17(13-20-19)12-16-8-6-5-7-9-16/h5-10,13,15,20H,11-12H2,1-4H3/t19-/m1/s1. The number of rotatable bonds is 5. The maximum absolute atomic E-state index is 12.9. The third-order valence-electron chi connectivity index (χ3n) is 4.26. The molecule has 112 valence electrons. The van der Waals surface area contributed by atoms with Crippen molar-refractivity contribution in [3.05, 3.63) is 59.3 Å². The first kappa shape index (κ1) is 15.6. The summed E-state index contributed by atoms with van der Waals surface area (Å²) in [6, 6.07) is 10.2. The summed E-state index contributed by atoms with van der Waals surface area (Å²) in [5.41, 5.74) is 2.85. The lowest BCUT2D eigenvalue weighted by atomic mass is 9.78. The van der Waals surface area contributed by atoms with E-state index < -0.39 is 5.54 Å². The zero-order chi connectivity index (χ0) is 15.5. The maximum atomic E-state index is 12.9. The summed E-state index contributed by atoms with van der Waals surface area (Å²) in [5, 5.41) is 3.39. The van der Waals surface area contributed by atoms with Crippen LogP contribution in [0, 0.1) is 5.92 Å². The molecule has 0 spiro atoms. The molecule has 1 heterocycles. The molecule has 1 aromatic rings. The monoisotopic (exact) mass is 283 g/mol. The highest BCUT2D eigenvalue weighted by Crippen LogP contribution is 2.32. The Bertz CT molecular complexity index is 564. The number of hydrogen-bond donors (Lipinski definition) is 1. The molecular weight excluding hydrogens is 258 g/mol. The van der Waals surface area contributed by atoms with E-state index in [-0.39, 0.29) is 11.7 Å². The molecule has 0 aromatic heterocycles. The number of carbonyl (C=O) groups is 1. The Labute approximate surface area is 128 Å². The van der Waals surface area contributed by atoms with Crippen LogP contribution in [0.5, 0.6) is 0 Å². The van der Waals surface area contributed by atoms with Gasteiger partial charge < -0.3 is 5.32 Å². The van der Waals surface area contributed by atoms with Gasteiger partial charge in [-0.05, 0) is 31.7 Å². The van der Waals surface area contributed by atoms with Crippen LogP contribution in [0.25, 0.3) is 0 Å². The number of hydrogen-bond acceptors (Lipinski definition) is 2. The van der Waals surface area contributed by atoms with Crippen molar-refractivity contribution in [2.24, 2.45) is 5.92 Å². The fourth-order valence-electron chi connectivity index (χ4n) is 2.76. The third-order valence-corrected chi connectivity index (χ3v) is 4.26. The topological polar surface area (TPSA) is 29.1 Å². The predicted octanol–water partition coefficient (Wildman–Crippen LogP) is 4.04. The molecule has 1 aliphatic rings. The molecular formula is C19H25NO. The van der Waals surface area contributed by atoms with Gasteiger partial charge in [-0.2, -0.15) is 0 Å².